The molecule has 0 bridgehead atoms. The Balaban J connectivity index is 1.43. The summed E-state index contributed by atoms with van der Waals surface area (Å²) in [7, 11) is 0. The van der Waals surface area contributed by atoms with Gasteiger partial charge in [0.25, 0.3) is 0 Å². The van der Waals surface area contributed by atoms with Crippen LogP contribution in [0.1, 0.15) is 31.7 Å². The molecule has 0 aromatic heterocycles. The van der Waals surface area contributed by atoms with Gasteiger partial charge in [-0.05, 0) is 37.5 Å². The van der Waals surface area contributed by atoms with Gasteiger partial charge in [-0.3, -0.25) is 4.90 Å². The minimum Gasteiger partial charge on any atom is -0.311 e. The monoisotopic (exact) mass is 290 g/mol. The van der Waals surface area contributed by atoms with E-state index in [1.54, 1.807) is 0 Å². The van der Waals surface area contributed by atoms with E-state index in [2.05, 4.69) is 59.2 Å². The third-order valence-electron chi connectivity index (χ3n) is 4.59. The van der Waals surface area contributed by atoms with Crippen molar-refractivity contribution < 1.29 is 0 Å². The van der Waals surface area contributed by atoms with E-state index in [1.165, 1.54) is 50.2 Å². The molecule has 2 unspecified atom stereocenters. The fraction of sp³-hybridized carbons (Fsp3) is 0.647. The molecule has 3 heteroatoms. The first-order chi connectivity index (χ1) is 9.73. The van der Waals surface area contributed by atoms with Crippen LogP contribution in [0.4, 0.5) is 0 Å². The summed E-state index contributed by atoms with van der Waals surface area (Å²) in [4.78, 5) is 2.58. The molecule has 110 valence electrons. The summed E-state index contributed by atoms with van der Waals surface area (Å²) in [5, 5.41) is 3.82. The van der Waals surface area contributed by atoms with Crippen molar-refractivity contribution >= 4 is 11.8 Å². The van der Waals surface area contributed by atoms with Crippen molar-refractivity contribution in [1.82, 2.24) is 10.2 Å². The molecule has 3 rings (SSSR count). The molecule has 0 spiro atoms. The van der Waals surface area contributed by atoms with Crippen molar-refractivity contribution in [3.05, 3.63) is 35.9 Å². The fourth-order valence-electron chi connectivity index (χ4n) is 3.32. The number of rotatable bonds is 5. The predicted octanol–water partition coefficient (Wildman–Crippen LogP) is 3.14. The standard InChI is InChI=1S/C17H26N2S/c1-17(9-5-11-20-17)14-18-16-8-10-19(13-16)12-15-6-3-2-4-7-15/h2-4,6-7,16,18H,5,8-14H2,1H3. The Labute approximate surface area is 127 Å². The van der Waals surface area contributed by atoms with Crippen LogP contribution in [0.3, 0.4) is 0 Å². The summed E-state index contributed by atoms with van der Waals surface area (Å²) >= 11 is 2.16. The van der Waals surface area contributed by atoms with Crippen molar-refractivity contribution in [1.29, 1.82) is 0 Å². The van der Waals surface area contributed by atoms with Gasteiger partial charge in [-0.25, -0.2) is 0 Å². The van der Waals surface area contributed by atoms with E-state index in [9.17, 15) is 0 Å². The highest BCUT2D eigenvalue weighted by atomic mass is 32.2. The summed E-state index contributed by atoms with van der Waals surface area (Å²) in [5.41, 5.74) is 1.44. The van der Waals surface area contributed by atoms with Gasteiger partial charge in [-0.1, -0.05) is 30.3 Å². The maximum atomic E-state index is 3.82. The molecule has 2 nitrogen and oxygen atoms in total. The highest BCUT2D eigenvalue weighted by molar-refractivity contribution is 8.00. The summed E-state index contributed by atoms with van der Waals surface area (Å²) in [5.74, 6) is 1.35. The van der Waals surface area contributed by atoms with Crippen molar-refractivity contribution in [2.45, 2.75) is 43.5 Å². The highest BCUT2D eigenvalue weighted by Gasteiger charge is 2.31. The quantitative estimate of drug-likeness (QED) is 0.897. The average Bonchev–Trinajstić information content (AvgIpc) is 3.08. The van der Waals surface area contributed by atoms with Gasteiger partial charge in [0.2, 0.25) is 0 Å². The lowest BCUT2D eigenvalue weighted by atomic mass is 10.1. The van der Waals surface area contributed by atoms with Gasteiger partial charge < -0.3 is 5.32 Å². The molecule has 20 heavy (non-hydrogen) atoms. The molecule has 2 aliphatic heterocycles. The minimum absolute atomic E-state index is 0.493. The van der Waals surface area contributed by atoms with E-state index in [1.807, 2.05) is 0 Å². The van der Waals surface area contributed by atoms with Gasteiger partial charge in [-0.2, -0.15) is 11.8 Å². The number of thioether (sulfide) groups is 1. The molecule has 1 aromatic rings. The summed E-state index contributed by atoms with van der Waals surface area (Å²) in [6.07, 6.45) is 4.08. The number of hydrogen-bond acceptors (Lipinski definition) is 3. The Morgan fingerprint density at radius 3 is 2.95 bits per heavy atom. The van der Waals surface area contributed by atoms with E-state index in [0.717, 1.165) is 6.54 Å². The van der Waals surface area contributed by atoms with Crippen molar-refractivity contribution in [2.75, 3.05) is 25.4 Å². The van der Waals surface area contributed by atoms with Gasteiger partial charge in [-0.15, -0.1) is 0 Å². The first-order valence-corrected chi connectivity index (χ1v) is 8.86. The molecule has 2 atom stereocenters. The first-order valence-electron chi connectivity index (χ1n) is 7.87. The summed E-state index contributed by atoms with van der Waals surface area (Å²) in [6, 6.07) is 11.5. The van der Waals surface area contributed by atoms with Crippen LogP contribution >= 0.6 is 11.8 Å². The molecule has 0 amide bonds. The lowest BCUT2D eigenvalue weighted by Gasteiger charge is -2.25. The summed E-state index contributed by atoms with van der Waals surface area (Å²) < 4.78 is 0.493. The molecule has 0 aliphatic carbocycles. The highest BCUT2D eigenvalue weighted by Crippen LogP contribution is 2.37. The van der Waals surface area contributed by atoms with Crippen LogP contribution in [-0.4, -0.2) is 41.1 Å². The third kappa shape index (κ3) is 3.78. The van der Waals surface area contributed by atoms with E-state index in [-0.39, 0.29) is 0 Å². The smallest absolute Gasteiger partial charge is 0.0256 e. The maximum absolute atomic E-state index is 3.82. The second kappa shape index (κ2) is 6.50. The van der Waals surface area contributed by atoms with Gasteiger partial charge >= 0.3 is 0 Å². The van der Waals surface area contributed by atoms with Gasteiger partial charge in [0.05, 0.1) is 0 Å². The number of nitrogens with one attached hydrogen (secondary N) is 1. The minimum atomic E-state index is 0.493. The van der Waals surface area contributed by atoms with E-state index in [0.29, 0.717) is 10.8 Å². The lowest BCUT2D eigenvalue weighted by Crippen LogP contribution is -2.40. The summed E-state index contributed by atoms with van der Waals surface area (Å²) in [6.45, 7) is 7.15. The Morgan fingerprint density at radius 1 is 1.35 bits per heavy atom. The predicted molar refractivity (Wildman–Crippen MR) is 88.2 cm³/mol. The average molecular weight is 290 g/mol. The molecule has 0 radical (unpaired) electrons. The molecule has 2 aliphatic rings. The van der Waals surface area contributed by atoms with Crippen LogP contribution < -0.4 is 5.32 Å². The molecule has 2 saturated heterocycles. The van der Waals surface area contributed by atoms with Crippen LogP contribution in [0.5, 0.6) is 0 Å². The van der Waals surface area contributed by atoms with Crippen LogP contribution in [0, 0.1) is 0 Å². The van der Waals surface area contributed by atoms with Crippen LogP contribution in [0.15, 0.2) is 30.3 Å². The number of benzene rings is 1. The van der Waals surface area contributed by atoms with Gasteiger partial charge in [0.1, 0.15) is 0 Å². The van der Waals surface area contributed by atoms with E-state index >= 15 is 0 Å². The SMILES string of the molecule is CC1(CNC2CCN(Cc3ccccc3)C2)CCCS1. The molecular formula is C17H26N2S. The topological polar surface area (TPSA) is 15.3 Å². The largest absolute Gasteiger partial charge is 0.311 e. The number of hydrogen-bond donors (Lipinski definition) is 1. The second-order valence-corrected chi connectivity index (χ2v) is 8.17. The van der Waals surface area contributed by atoms with Gasteiger partial charge in [0.15, 0.2) is 0 Å². The molecule has 1 aromatic carbocycles. The van der Waals surface area contributed by atoms with Crippen LogP contribution in [0.25, 0.3) is 0 Å². The van der Waals surface area contributed by atoms with Crippen molar-refractivity contribution in [3.63, 3.8) is 0 Å². The van der Waals surface area contributed by atoms with E-state index in [4.69, 9.17) is 0 Å². The molecule has 0 saturated carbocycles. The molecular weight excluding hydrogens is 264 g/mol. The maximum Gasteiger partial charge on any atom is 0.0256 e. The molecule has 2 heterocycles. The zero-order valence-corrected chi connectivity index (χ0v) is 13.3. The molecule has 2 fully saturated rings. The Bertz CT molecular complexity index is 414. The first kappa shape index (κ1) is 14.4. The van der Waals surface area contributed by atoms with Crippen molar-refractivity contribution in [2.24, 2.45) is 0 Å². The zero-order valence-electron chi connectivity index (χ0n) is 12.5. The fourth-order valence-corrected chi connectivity index (χ4v) is 4.58. The van der Waals surface area contributed by atoms with E-state index < -0.39 is 0 Å². The third-order valence-corrected chi connectivity index (χ3v) is 6.12. The van der Waals surface area contributed by atoms with Crippen LogP contribution in [0.2, 0.25) is 0 Å². The van der Waals surface area contributed by atoms with Crippen LogP contribution in [-0.2, 0) is 6.54 Å². The number of likely N-dealkylation sites (tertiary alicyclic amines) is 1. The lowest BCUT2D eigenvalue weighted by molar-refractivity contribution is 0.318. The molecule has 1 N–H and O–H groups in total. The Hall–Kier alpha value is -0.510. The van der Waals surface area contributed by atoms with Crippen molar-refractivity contribution in [3.8, 4) is 0 Å². The second-order valence-electron chi connectivity index (χ2n) is 6.49. The number of nitrogens with zero attached hydrogens (tertiary/aromatic N) is 1. The zero-order chi connectivity index (χ0) is 13.8. The Morgan fingerprint density at radius 2 is 2.20 bits per heavy atom. The van der Waals surface area contributed by atoms with Gasteiger partial charge in [0, 0.05) is 37.0 Å². The Kier molecular flexibility index (Phi) is 4.69. The normalized spacial score (nSPS) is 30.9.